The molecule has 0 radical (unpaired) electrons. The summed E-state index contributed by atoms with van der Waals surface area (Å²) in [5.74, 6) is -0.407. The molecule has 2 aromatic rings. The van der Waals surface area contributed by atoms with Crippen LogP contribution in [0.1, 0.15) is 16.7 Å². The molecular weight excluding hydrogens is 338 g/mol. The number of nitriles is 1. The van der Waals surface area contributed by atoms with Crippen LogP contribution in [0.3, 0.4) is 0 Å². The predicted octanol–water partition coefficient (Wildman–Crippen LogP) is 1.88. The molecule has 7 heteroatoms. The molecule has 0 spiro atoms. The molecule has 25 heavy (non-hydrogen) atoms. The van der Waals surface area contributed by atoms with Crippen LogP contribution < -0.4 is 5.32 Å². The Morgan fingerprint density at radius 2 is 1.92 bits per heavy atom. The minimum absolute atomic E-state index is 0.172. The number of anilines is 1. The van der Waals surface area contributed by atoms with Crippen LogP contribution in [0.2, 0.25) is 0 Å². The van der Waals surface area contributed by atoms with Crippen LogP contribution in [-0.2, 0) is 27.8 Å². The fourth-order valence-corrected chi connectivity index (χ4v) is 3.97. The molecule has 128 valence electrons. The van der Waals surface area contributed by atoms with Crippen LogP contribution in [0.5, 0.6) is 0 Å². The van der Waals surface area contributed by atoms with E-state index in [1.165, 1.54) is 4.31 Å². The Morgan fingerprint density at radius 3 is 2.60 bits per heavy atom. The van der Waals surface area contributed by atoms with E-state index in [0.717, 1.165) is 17.4 Å². The Bertz CT molecular complexity index is 964. The van der Waals surface area contributed by atoms with Crippen molar-refractivity contribution < 1.29 is 13.2 Å². The largest absolute Gasteiger partial charge is 0.325 e. The zero-order chi connectivity index (χ0) is 18.0. The highest BCUT2D eigenvalue weighted by Gasteiger charge is 2.36. The van der Waals surface area contributed by atoms with Gasteiger partial charge in [-0.3, -0.25) is 4.79 Å². The van der Waals surface area contributed by atoms with E-state index in [1.807, 2.05) is 30.3 Å². The number of hydrogen-bond acceptors (Lipinski definition) is 4. The second kappa shape index (κ2) is 6.67. The van der Waals surface area contributed by atoms with E-state index in [4.69, 9.17) is 5.26 Å². The van der Waals surface area contributed by atoms with E-state index in [9.17, 15) is 13.2 Å². The average Bonchev–Trinajstić information content (AvgIpc) is 2.60. The summed E-state index contributed by atoms with van der Waals surface area (Å²) in [7, 11) is -3.55. The van der Waals surface area contributed by atoms with E-state index >= 15 is 0 Å². The van der Waals surface area contributed by atoms with Crippen LogP contribution in [0, 0.1) is 11.3 Å². The molecule has 1 atom stereocenters. The molecule has 1 aliphatic rings. The second-order valence-electron chi connectivity index (χ2n) is 5.98. The smallest absolute Gasteiger partial charge is 0.243 e. The van der Waals surface area contributed by atoms with Gasteiger partial charge in [0.1, 0.15) is 6.04 Å². The van der Waals surface area contributed by atoms with Crippen molar-refractivity contribution in [2.75, 3.05) is 11.6 Å². The van der Waals surface area contributed by atoms with Gasteiger partial charge in [-0.1, -0.05) is 30.3 Å². The SMILES string of the molecule is CS(=O)(=O)N1Cc2ccccc2C[C@H]1C(=O)Nc1cccc(C#N)c1. The summed E-state index contributed by atoms with van der Waals surface area (Å²) in [5, 5.41) is 11.7. The number of amides is 1. The fourth-order valence-electron chi connectivity index (χ4n) is 2.96. The lowest BCUT2D eigenvalue weighted by Crippen LogP contribution is -2.50. The van der Waals surface area contributed by atoms with Gasteiger partial charge in [0.25, 0.3) is 0 Å². The molecule has 0 aliphatic carbocycles. The molecule has 0 saturated carbocycles. The van der Waals surface area contributed by atoms with Gasteiger partial charge < -0.3 is 5.32 Å². The monoisotopic (exact) mass is 355 g/mol. The van der Waals surface area contributed by atoms with Gasteiger partial charge >= 0.3 is 0 Å². The summed E-state index contributed by atoms with van der Waals surface area (Å²) >= 11 is 0. The van der Waals surface area contributed by atoms with E-state index in [1.54, 1.807) is 24.3 Å². The second-order valence-corrected chi connectivity index (χ2v) is 7.91. The van der Waals surface area contributed by atoms with Gasteiger partial charge in [-0.05, 0) is 35.7 Å². The Hall–Kier alpha value is -2.69. The van der Waals surface area contributed by atoms with E-state index in [-0.39, 0.29) is 6.54 Å². The average molecular weight is 355 g/mol. The number of hydrogen-bond donors (Lipinski definition) is 1. The zero-order valence-electron chi connectivity index (χ0n) is 13.6. The van der Waals surface area contributed by atoms with Crippen molar-refractivity contribution in [1.29, 1.82) is 5.26 Å². The third-order valence-electron chi connectivity index (χ3n) is 4.19. The van der Waals surface area contributed by atoms with Crippen LogP contribution in [0.15, 0.2) is 48.5 Å². The fraction of sp³-hybridized carbons (Fsp3) is 0.222. The summed E-state index contributed by atoms with van der Waals surface area (Å²) in [6.45, 7) is 0.172. The van der Waals surface area contributed by atoms with Gasteiger partial charge in [0.15, 0.2) is 0 Å². The van der Waals surface area contributed by atoms with Crippen molar-refractivity contribution >= 4 is 21.6 Å². The first-order valence-electron chi connectivity index (χ1n) is 7.73. The highest BCUT2D eigenvalue weighted by Crippen LogP contribution is 2.26. The van der Waals surface area contributed by atoms with Gasteiger partial charge in [0.2, 0.25) is 15.9 Å². The first-order valence-corrected chi connectivity index (χ1v) is 9.58. The van der Waals surface area contributed by atoms with Crippen molar-refractivity contribution in [2.45, 2.75) is 19.0 Å². The van der Waals surface area contributed by atoms with Gasteiger partial charge in [0.05, 0.1) is 17.9 Å². The number of nitrogens with zero attached hydrogens (tertiary/aromatic N) is 2. The number of rotatable bonds is 3. The number of fused-ring (bicyclic) bond motifs is 1. The Balaban J connectivity index is 1.90. The molecule has 0 saturated heterocycles. The number of sulfonamides is 1. The van der Waals surface area contributed by atoms with E-state index in [0.29, 0.717) is 17.7 Å². The van der Waals surface area contributed by atoms with Crippen molar-refractivity contribution in [1.82, 2.24) is 4.31 Å². The highest BCUT2D eigenvalue weighted by molar-refractivity contribution is 7.88. The van der Waals surface area contributed by atoms with Crippen LogP contribution in [-0.4, -0.2) is 30.9 Å². The lowest BCUT2D eigenvalue weighted by atomic mass is 9.95. The number of benzene rings is 2. The standard InChI is InChI=1S/C18H17N3O3S/c1-25(23,24)21-12-15-7-3-2-6-14(15)10-17(21)18(22)20-16-8-4-5-13(9-16)11-19/h2-9,17H,10,12H2,1H3,(H,20,22)/t17-/m0/s1. The summed E-state index contributed by atoms with van der Waals surface area (Å²) < 4.78 is 25.6. The Morgan fingerprint density at radius 1 is 1.20 bits per heavy atom. The predicted molar refractivity (Wildman–Crippen MR) is 94.1 cm³/mol. The normalized spacial score (nSPS) is 17.4. The lowest BCUT2D eigenvalue weighted by molar-refractivity contribution is -0.120. The third kappa shape index (κ3) is 3.71. The van der Waals surface area contributed by atoms with Crippen LogP contribution in [0.25, 0.3) is 0 Å². The van der Waals surface area contributed by atoms with Crippen molar-refractivity contribution in [3.05, 3.63) is 65.2 Å². The number of carbonyl (C=O) groups is 1. The molecule has 2 aromatic carbocycles. The maximum absolute atomic E-state index is 12.7. The molecule has 1 amide bonds. The molecular formula is C18H17N3O3S. The van der Waals surface area contributed by atoms with Gasteiger partial charge in [-0.2, -0.15) is 9.57 Å². The summed E-state index contributed by atoms with van der Waals surface area (Å²) in [6, 6.07) is 15.2. The summed E-state index contributed by atoms with van der Waals surface area (Å²) in [5.41, 5.74) is 2.76. The summed E-state index contributed by atoms with van der Waals surface area (Å²) in [6.07, 6.45) is 1.42. The Kier molecular flexibility index (Phi) is 4.57. The van der Waals surface area contributed by atoms with Crippen molar-refractivity contribution in [2.24, 2.45) is 0 Å². The maximum atomic E-state index is 12.7. The molecule has 0 unspecified atom stereocenters. The van der Waals surface area contributed by atoms with Gasteiger partial charge in [-0.25, -0.2) is 8.42 Å². The quantitative estimate of drug-likeness (QED) is 0.910. The molecule has 0 bridgehead atoms. The molecule has 1 N–H and O–H groups in total. The summed E-state index contributed by atoms with van der Waals surface area (Å²) in [4.78, 5) is 12.7. The number of nitrogens with one attached hydrogen (secondary N) is 1. The van der Waals surface area contributed by atoms with Crippen LogP contribution in [0.4, 0.5) is 5.69 Å². The molecule has 3 rings (SSSR count). The first kappa shape index (κ1) is 17.1. The van der Waals surface area contributed by atoms with Crippen LogP contribution >= 0.6 is 0 Å². The minimum atomic E-state index is -3.55. The first-order chi connectivity index (χ1) is 11.9. The minimum Gasteiger partial charge on any atom is -0.325 e. The third-order valence-corrected chi connectivity index (χ3v) is 5.43. The zero-order valence-corrected chi connectivity index (χ0v) is 14.5. The maximum Gasteiger partial charge on any atom is 0.243 e. The molecule has 1 aliphatic heterocycles. The molecule has 0 aromatic heterocycles. The number of carbonyl (C=O) groups excluding carboxylic acids is 1. The van der Waals surface area contributed by atoms with Gasteiger partial charge in [0, 0.05) is 12.2 Å². The molecule has 1 heterocycles. The molecule has 0 fully saturated rings. The Labute approximate surface area is 146 Å². The highest BCUT2D eigenvalue weighted by atomic mass is 32.2. The lowest BCUT2D eigenvalue weighted by Gasteiger charge is -2.34. The topological polar surface area (TPSA) is 90.3 Å². The van der Waals surface area contributed by atoms with Gasteiger partial charge in [-0.15, -0.1) is 0 Å². The van der Waals surface area contributed by atoms with Crippen molar-refractivity contribution in [3.63, 3.8) is 0 Å². The van der Waals surface area contributed by atoms with E-state index in [2.05, 4.69) is 5.32 Å². The van der Waals surface area contributed by atoms with E-state index < -0.39 is 22.0 Å². The molecule has 6 nitrogen and oxygen atoms in total. The van der Waals surface area contributed by atoms with Crippen molar-refractivity contribution in [3.8, 4) is 6.07 Å².